The van der Waals surface area contributed by atoms with Gasteiger partial charge in [-0.3, -0.25) is 0 Å². The fraction of sp³-hybridized carbons (Fsp3) is 0.545. The number of nitrogens with zero attached hydrogens (tertiary/aromatic N) is 1. The Bertz CT molecular complexity index is 391. The number of aromatic amines is 1. The summed E-state index contributed by atoms with van der Waals surface area (Å²) in [4.78, 5) is 29.2. The van der Waals surface area contributed by atoms with Crippen LogP contribution in [0.5, 0.6) is 0 Å². The van der Waals surface area contributed by atoms with Gasteiger partial charge in [-0.2, -0.15) is 0 Å². The van der Waals surface area contributed by atoms with Crippen LogP contribution in [0.4, 0.5) is 4.79 Å². The molecule has 7 heteroatoms. The van der Waals surface area contributed by atoms with E-state index in [4.69, 9.17) is 5.11 Å². The largest absolute Gasteiger partial charge is 0.480 e. The number of rotatable bonds is 6. The SMILES string of the molecule is CCC(C)[C@H](NC(=O)NCc1cnc[nH]1)C(=O)O. The maximum absolute atomic E-state index is 11.6. The lowest BCUT2D eigenvalue weighted by molar-refractivity contribution is -0.140. The highest BCUT2D eigenvalue weighted by Crippen LogP contribution is 2.07. The number of aliphatic carboxylic acids is 1. The van der Waals surface area contributed by atoms with E-state index in [2.05, 4.69) is 20.6 Å². The Balaban J connectivity index is 2.44. The lowest BCUT2D eigenvalue weighted by Crippen LogP contribution is -2.48. The van der Waals surface area contributed by atoms with Crippen molar-refractivity contribution >= 4 is 12.0 Å². The van der Waals surface area contributed by atoms with Crippen LogP contribution in [0.3, 0.4) is 0 Å². The van der Waals surface area contributed by atoms with E-state index in [9.17, 15) is 9.59 Å². The Morgan fingerprint density at radius 2 is 2.28 bits per heavy atom. The van der Waals surface area contributed by atoms with Gasteiger partial charge in [0.2, 0.25) is 0 Å². The van der Waals surface area contributed by atoms with Crippen LogP contribution in [0.2, 0.25) is 0 Å². The van der Waals surface area contributed by atoms with Gasteiger partial charge in [0, 0.05) is 6.20 Å². The molecule has 0 aliphatic heterocycles. The number of carboxylic acids is 1. The number of aromatic nitrogens is 2. The van der Waals surface area contributed by atoms with Gasteiger partial charge in [-0.1, -0.05) is 20.3 Å². The van der Waals surface area contributed by atoms with Crippen molar-refractivity contribution in [3.63, 3.8) is 0 Å². The maximum Gasteiger partial charge on any atom is 0.326 e. The molecule has 0 aliphatic carbocycles. The molecule has 100 valence electrons. The zero-order valence-electron chi connectivity index (χ0n) is 10.4. The van der Waals surface area contributed by atoms with Crippen molar-refractivity contribution in [2.24, 2.45) is 5.92 Å². The number of carbonyl (C=O) groups excluding carboxylic acids is 1. The third-order valence-electron chi connectivity index (χ3n) is 2.76. The van der Waals surface area contributed by atoms with Gasteiger partial charge in [-0.25, -0.2) is 14.6 Å². The van der Waals surface area contributed by atoms with E-state index in [0.717, 1.165) is 5.69 Å². The van der Waals surface area contributed by atoms with Gasteiger partial charge in [-0.15, -0.1) is 0 Å². The average Bonchev–Trinajstić information content (AvgIpc) is 2.85. The van der Waals surface area contributed by atoms with Crippen LogP contribution in [0, 0.1) is 5.92 Å². The molecule has 0 aromatic carbocycles. The predicted molar refractivity (Wildman–Crippen MR) is 64.8 cm³/mol. The molecule has 0 saturated carbocycles. The van der Waals surface area contributed by atoms with Crippen molar-refractivity contribution in [1.29, 1.82) is 0 Å². The fourth-order valence-electron chi connectivity index (χ4n) is 1.43. The van der Waals surface area contributed by atoms with E-state index in [0.29, 0.717) is 6.42 Å². The van der Waals surface area contributed by atoms with Crippen LogP contribution in [-0.2, 0) is 11.3 Å². The van der Waals surface area contributed by atoms with Crippen molar-refractivity contribution in [3.8, 4) is 0 Å². The first-order valence-electron chi connectivity index (χ1n) is 5.79. The smallest absolute Gasteiger partial charge is 0.326 e. The topological polar surface area (TPSA) is 107 Å². The van der Waals surface area contributed by atoms with E-state index in [1.165, 1.54) is 6.33 Å². The molecule has 0 aliphatic rings. The van der Waals surface area contributed by atoms with E-state index < -0.39 is 18.0 Å². The lowest BCUT2D eigenvalue weighted by atomic mass is 9.99. The summed E-state index contributed by atoms with van der Waals surface area (Å²) < 4.78 is 0. The number of hydrogen-bond acceptors (Lipinski definition) is 3. The number of hydrogen-bond donors (Lipinski definition) is 4. The van der Waals surface area contributed by atoms with Crippen LogP contribution in [0.25, 0.3) is 0 Å². The Morgan fingerprint density at radius 1 is 1.56 bits per heavy atom. The zero-order chi connectivity index (χ0) is 13.5. The molecule has 1 aromatic heterocycles. The highest BCUT2D eigenvalue weighted by Gasteiger charge is 2.25. The van der Waals surface area contributed by atoms with E-state index in [1.54, 1.807) is 13.1 Å². The Morgan fingerprint density at radius 3 is 2.78 bits per heavy atom. The second kappa shape index (κ2) is 6.63. The molecule has 7 nitrogen and oxygen atoms in total. The minimum absolute atomic E-state index is 0.125. The van der Waals surface area contributed by atoms with E-state index in [-0.39, 0.29) is 12.5 Å². The van der Waals surface area contributed by atoms with Crippen molar-refractivity contribution in [2.75, 3.05) is 0 Å². The quantitative estimate of drug-likeness (QED) is 0.599. The van der Waals surface area contributed by atoms with Gasteiger partial charge in [-0.05, 0) is 5.92 Å². The van der Waals surface area contributed by atoms with Crippen LogP contribution in [0.1, 0.15) is 26.0 Å². The Labute approximate surface area is 105 Å². The van der Waals surface area contributed by atoms with Crippen molar-refractivity contribution in [1.82, 2.24) is 20.6 Å². The number of amides is 2. The van der Waals surface area contributed by atoms with Gasteiger partial charge >= 0.3 is 12.0 Å². The molecule has 0 fully saturated rings. The van der Waals surface area contributed by atoms with Crippen molar-refractivity contribution in [2.45, 2.75) is 32.9 Å². The average molecular weight is 254 g/mol. The number of carboxylic acid groups (broad SMARTS) is 1. The molecule has 0 bridgehead atoms. The monoisotopic (exact) mass is 254 g/mol. The minimum atomic E-state index is -1.03. The van der Waals surface area contributed by atoms with Gasteiger partial charge < -0.3 is 20.7 Å². The standard InChI is InChI=1S/C11H18N4O3/c1-3-7(2)9(10(16)17)15-11(18)13-5-8-4-12-6-14-8/h4,6-7,9H,3,5H2,1-2H3,(H,12,14)(H,16,17)(H2,13,15,18)/t7?,9-/m0/s1. The molecule has 0 saturated heterocycles. The number of nitrogens with one attached hydrogen (secondary N) is 3. The highest BCUT2D eigenvalue weighted by atomic mass is 16.4. The second-order valence-corrected chi connectivity index (χ2v) is 4.11. The van der Waals surface area contributed by atoms with Crippen LogP contribution in [0.15, 0.2) is 12.5 Å². The summed E-state index contributed by atoms with van der Waals surface area (Å²) in [5, 5.41) is 14.0. The van der Waals surface area contributed by atoms with Gasteiger partial charge in [0.25, 0.3) is 0 Å². The van der Waals surface area contributed by atoms with E-state index in [1.807, 2.05) is 6.92 Å². The summed E-state index contributed by atoms with van der Waals surface area (Å²) >= 11 is 0. The fourth-order valence-corrected chi connectivity index (χ4v) is 1.43. The molecule has 2 atom stereocenters. The summed E-state index contributed by atoms with van der Waals surface area (Å²) in [6.45, 7) is 3.94. The molecule has 1 heterocycles. The van der Waals surface area contributed by atoms with Crippen LogP contribution < -0.4 is 10.6 Å². The molecule has 1 rings (SSSR count). The Kier molecular flexibility index (Phi) is 5.16. The molecular weight excluding hydrogens is 236 g/mol. The van der Waals surface area contributed by atoms with Crippen molar-refractivity contribution < 1.29 is 14.7 Å². The van der Waals surface area contributed by atoms with Gasteiger partial charge in [0.1, 0.15) is 6.04 Å². The number of H-pyrrole nitrogens is 1. The first kappa shape index (κ1) is 14.0. The first-order valence-corrected chi connectivity index (χ1v) is 5.79. The number of carbonyl (C=O) groups is 2. The summed E-state index contributed by atoms with van der Waals surface area (Å²) in [7, 11) is 0. The first-order chi connectivity index (χ1) is 8.54. The number of imidazole rings is 1. The lowest BCUT2D eigenvalue weighted by Gasteiger charge is -2.20. The van der Waals surface area contributed by atoms with E-state index >= 15 is 0 Å². The van der Waals surface area contributed by atoms with Crippen LogP contribution in [-0.4, -0.2) is 33.1 Å². The molecule has 2 amide bonds. The second-order valence-electron chi connectivity index (χ2n) is 4.11. The Hall–Kier alpha value is -2.05. The summed E-state index contributed by atoms with van der Waals surface area (Å²) in [5.74, 6) is -1.15. The normalized spacial score (nSPS) is 13.7. The molecule has 18 heavy (non-hydrogen) atoms. The predicted octanol–water partition coefficient (Wildman–Crippen LogP) is 0.708. The third-order valence-corrected chi connectivity index (χ3v) is 2.76. The molecule has 0 radical (unpaired) electrons. The summed E-state index contributed by atoms with van der Waals surface area (Å²) in [6.07, 6.45) is 3.77. The third kappa shape index (κ3) is 4.08. The maximum atomic E-state index is 11.6. The van der Waals surface area contributed by atoms with Crippen LogP contribution >= 0.6 is 0 Å². The summed E-state index contributed by atoms with van der Waals surface area (Å²) in [6, 6.07) is -1.38. The minimum Gasteiger partial charge on any atom is -0.480 e. The molecule has 1 unspecified atom stereocenters. The van der Waals surface area contributed by atoms with Crippen molar-refractivity contribution in [3.05, 3.63) is 18.2 Å². The summed E-state index contributed by atoms with van der Waals surface area (Å²) in [5.41, 5.74) is 0.751. The molecular formula is C11H18N4O3. The molecule has 4 N–H and O–H groups in total. The number of urea groups is 1. The van der Waals surface area contributed by atoms with Gasteiger partial charge in [0.15, 0.2) is 0 Å². The van der Waals surface area contributed by atoms with Gasteiger partial charge in [0.05, 0.1) is 18.6 Å². The zero-order valence-corrected chi connectivity index (χ0v) is 10.4. The molecule has 0 spiro atoms. The highest BCUT2D eigenvalue weighted by molar-refractivity contribution is 5.82. The molecule has 1 aromatic rings.